The molecule has 10 N–H and O–H groups in total. The van der Waals surface area contributed by atoms with Gasteiger partial charge in [0.25, 0.3) is 11.8 Å². The number of fused-ring (bicyclic) bond motifs is 10. The van der Waals surface area contributed by atoms with Crippen molar-refractivity contribution in [1.29, 1.82) is 0 Å². The average Bonchev–Trinajstić information content (AvgIpc) is 1.50. The van der Waals surface area contributed by atoms with Crippen LogP contribution in [0.2, 0.25) is 0 Å². The molecule has 3 fully saturated rings. The van der Waals surface area contributed by atoms with Crippen LogP contribution in [0.15, 0.2) is 281 Å². The molecule has 0 saturated heterocycles. The van der Waals surface area contributed by atoms with E-state index in [9.17, 15) is 24.6 Å². The van der Waals surface area contributed by atoms with Gasteiger partial charge >= 0.3 is 23.1 Å². The number of aromatic nitrogens is 18. The first-order chi connectivity index (χ1) is 60.5. The predicted octanol–water partition coefficient (Wildman–Crippen LogP) is 11.2. The third-order valence-electron chi connectivity index (χ3n) is 24.3. The second-order valence-corrected chi connectivity index (χ2v) is 33.6. The van der Waals surface area contributed by atoms with Crippen LogP contribution in [0.5, 0.6) is 0 Å². The van der Waals surface area contributed by atoms with Crippen molar-refractivity contribution in [3.8, 4) is 102 Å². The summed E-state index contributed by atoms with van der Waals surface area (Å²) < 4.78 is 11.5. The molecule has 12 aromatic heterocycles. The summed E-state index contributed by atoms with van der Waals surface area (Å²) in [6.07, 6.45) is 19.2. The molecule has 2 amide bonds. The minimum absolute atomic E-state index is 0. The number of halogens is 1. The smallest absolute Gasteiger partial charge is 1.00 e. The Labute approximate surface area is 761 Å². The Balaban J connectivity index is 0.000000133. The Morgan fingerprint density at radius 2 is 0.656 bits per heavy atom. The Morgan fingerprint density at radius 3 is 0.930 bits per heavy atom. The van der Waals surface area contributed by atoms with Crippen LogP contribution in [0.1, 0.15) is 89.8 Å². The molecule has 7 aromatic carbocycles. The number of hydrogen-bond donors (Lipinski definition) is 6. The van der Waals surface area contributed by atoms with Gasteiger partial charge in [-0.3, -0.25) is 44.2 Å². The van der Waals surface area contributed by atoms with Crippen molar-refractivity contribution in [1.82, 2.24) is 92.3 Å². The van der Waals surface area contributed by atoms with E-state index in [1.54, 1.807) is 43.2 Å². The normalized spacial score (nSPS) is 18.3. The van der Waals surface area contributed by atoms with E-state index >= 15 is 0 Å². The number of benzene rings is 7. The molecule has 0 atom stereocenters. The quantitative estimate of drug-likeness (QED) is 0.0205. The van der Waals surface area contributed by atoms with Crippen molar-refractivity contribution < 1.29 is 41.6 Å². The van der Waals surface area contributed by atoms with Crippen LogP contribution in [-0.2, 0) is 42.6 Å². The third kappa shape index (κ3) is 15.2. The molecule has 0 unspecified atom stereocenters. The van der Waals surface area contributed by atoms with Gasteiger partial charge < -0.3 is 59.8 Å². The number of hydrogen-bond acceptors (Lipinski definition) is 21. The number of hydrazine groups is 1. The number of imidazole rings is 3. The first-order valence-corrected chi connectivity index (χ1v) is 40.9. The zero-order valence-electron chi connectivity index (χ0n) is 70.8. The molecule has 23 rings (SSSR count). The molecule has 28 nitrogen and oxygen atoms in total. The van der Waals surface area contributed by atoms with Crippen molar-refractivity contribution in [2.24, 2.45) is 44.3 Å². The van der Waals surface area contributed by atoms with E-state index < -0.39 is 27.8 Å². The molecule has 0 radical (unpaired) electrons. The van der Waals surface area contributed by atoms with Gasteiger partial charge in [-0.1, -0.05) is 176 Å². The number of rotatable bonds is 13. The maximum atomic E-state index is 13.5. The Kier molecular flexibility index (Phi) is 22.5. The Bertz CT molecular complexity index is 7170. The number of imide groups is 1. The zero-order valence-corrected chi connectivity index (χ0v) is 73.8. The van der Waals surface area contributed by atoms with Crippen LogP contribution < -0.4 is 40.1 Å². The predicted molar refractivity (Wildman–Crippen MR) is 489 cm³/mol. The van der Waals surface area contributed by atoms with Crippen molar-refractivity contribution in [2.75, 3.05) is 0 Å². The second-order valence-electron chi connectivity index (χ2n) is 33.6. The SMILES string of the molecule is Cn1cnc(-c2nnc3c4cc(-c5ccccc5)c(-c5ccc(C6(N)CC(C)(O)C6)cc5)nc4ccn23)c1.Cn1cnc(-c2nnc3c4cc(-c5ccccc5)c(-c5ccc(C6(N)CC(C)(O)C6)cc5)nc4ccn23)c1.Cn1cnc(-c2nnc3c4cc(-c5ccccc5)c(-c5ccc(C6(N7C(=O)c8ccccc8C7=O)CC(=O)C6)cc5)nc4ccn23)c1.NN.[Br-].[CH3-].[Mg+2]. The molecule has 0 bridgehead atoms. The van der Waals surface area contributed by atoms with Crippen LogP contribution in [0.4, 0.5) is 0 Å². The standard InChI is InChI=1S/C37H25N7O3.2C30H27N7O.CH3.BrH.Mg.H4N2/c1-42-20-31(38-21-42)34-41-40-33-29-17-28(22-7-3-2-4-8-22)32(39-30(29)15-16-43(33)34)23-11-13-24(14-12-23)37(18-25(45)19-37)44-35(46)26-9-5-6-10-27(26)36(44)47;2*1-29(38)16-30(31,17-29)21-10-8-20(9-11-21)26-22(19-6-4-3-5-7-19)14-23-24(33-26)12-13-37-27(23)34-35-28(37)25-15-36(2)18-32-25;;;;1-2/h2-17,20-21H,18-19H2,1H3;2*3-15,18,38H,16-17,31H2,1-2H3;1H3;1H;;1-2H2/q;;;-1;;+2;/p-1. The molecule has 632 valence electrons. The number of nitrogens with zero attached hydrogens (tertiary/aromatic N) is 19. The van der Waals surface area contributed by atoms with Crippen LogP contribution >= 0.6 is 0 Å². The van der Waals surface area contributed by atoms with Crippen molar-refractivity contribution in [3.05, 3.63) is 316 Å². The summed E-state index contributed by atoms with van der Waals surface area (Å²) in [6, 6.07) is 74.0. The first-order valence-electron chi connectivity index (χ1n) is 40.9. The van der Waals surface area contributed by atoms with Gasteiger partial charge in [0.15, 0.2) is 34.4 Å². The number of aliphatic hydroxyl groups is 2. The number of Topliss-reactive ketones (excluding diaryl/α,β-unsaturated/α-hetero) is 1. The van der Waals surface area contributed by atoms with Gasteiger partial charge in [-0.15, -0.1) is 30.6 Å². The number of pyridine rings is 6. The third-order valence-corrected chi connectivity index (χ3v) is 24.3. The van der Waals surface area contributed by atoms with Crippen molar-refractivity contribution >= 4 is 90.3 Å². The van der Waals surface area contributed by atoms with Crippen LogP contribution in [-0.4, -0.2) is 154 Å². The molecule has 30 heteroatoms. The van der Waals surface area contributed by atoms with E-state index in [-0.39, 0.29) is 77.9 Å². The fourth-order valence-corrected chi connectivity index (χ4v) is 18.6. The summed E-state index contributed by atoms with van der Waals surface area (Å²) in [6.45, 7) is 3.67. The molecule has 3 aliphatic carbocycles. The molecular formula is C98H86BrMgN23O5. The average molecular weight is 1770 g/mol. The minimum atomic E-state index is -1.02. The summed E-state index contributed by atoms with van der Waals surface area (Å²) in [5, 5.41) is 50.1. The summed E-state index contributed by atoms with van der Waals surface area (Å²) in [5.74, 6) is 9.30. The molecule has 4 aliphatic rings. The largest absolute Gasteiger partial charge is 2.00 e. The summed E-state index contributed by atoms with van der Waals surface area (Å²) in [7, 11) is 5.78. The maximum absolute atomic E-state index is 13.5. The van der Waals surface area contributed by atoms with E-state index in [4.69, 9.17) is 26.4 Å². The molecule has 128 heavy (non-hydrogen) atoms. The van der Waals surface area contributed by atoms with Crippen molar-refractivity contribution in [2.45, 2.75) is 80.2 Å². The van der Waals surface area contributed by atoms with E-state index in [0.717, 1.165) is 145 Å². The van der Waals surface area contributed by atoms with Gasteiger partial charge in [0, 0.05) is 132 Å². The number of amides is 2. The maximum Gasteiger partial charge on any atom is 2.00 e. The van der Waals surface area contributed by atoms with Crippen LogP contribution in [0.25, 0.3) is 151 Å². The van der Waals surface area contributed by atoms with Gasteiger partial charge in [-0.25, -0.2) is 29.9 Å². The van der Waals surface area contributed by atoms with Gasteiger partial charge in [0.1, 0.15) is 22.9 Å². The fraction of sp³-hybridized carbons (Fsp3) is 0.163. The first kappa shape index (κ1) is 86.2. The molecule has 13 heterocycles. The minimum Gasteiger partial charge on any atom is -1.00 e. The molecular weight excluding hydrogens is 1680 g/mol. The topological polar surface area (TPSA) is 382 Å². The molecule has 1 aliphatic heterocycles. The molecule has 3 saturated carbocycles. The summed E-state index contributed by atoms with van der Waals surface area (Å²) >= 11 is 0. The van der Waals surface area contributed by atoms with Gasteiger partial charge in [0.2, 0.25) is 0 Å². The van der Waals surface area contributed by atoms with E-state index in [2.05, 4.69) is 148 Å². The monoisotopic (exact) mass is 1770 g/mol. The van der Waals surface area contributed by atoms with Gasteiger partial charge in [-0.2, -0.15) is 0 Å². The second kappa shape index (κ2) is 33.4. The van der Waals surface area contributed by atoms with Crippen molar-refractivity contribution in [3.63, 3.8) is 0 Å². The van der Waals surface area contributed by atoms with Gasteiger partial charge in [-0.05, 0) is 121 Å². The number of nitrogens with two attached hydrogens (primary N) is 4. The Morgan fingerprint density at radius 1 is 0.367 bits per heavy atom. The number of carbonyl (C=O) groups is 3. The van der Waals surface area contributed by atoms with E-state index in [0.29, 0.717) is 59.9 Å². The molecule has 19 aromatic rings. The summed E-state index contributed by atoms with van der Waals surface area (Å²) in [5.41, 5.74) is 31.6. The number of ketones is 1. The van der Waals surface area contributed by atoms with E-state index in [1.807, 2.05) is 208 Å². The molecule has 0 spiro atoms. The number of aryl methyl sites for hydroxylation is 3. The Hall–Kier alpha value is -13.9. The summed E-state index contributed by atoms with van der Waals surface area (Å²) in [4.78, 5) is 69.5. The fourth-order valence-electron chi connectivity index (χ4n) is 18.6. The number of carbonyl (C=O) groups excluding carboxylic acids is 3. The van der Waals surface area contributed by atoms with E-state index in [1.165, 1.54) is 4.90 Å². The van der Waals surface area contributed by atoms with Gasteiger partial charge in [0.05, 0.1) is 80.5 Å². The zero-order chi connectivity index (χ0) is 86.0. The van der Waals surface area contributed by atoms with Crippen LogP contribution in [0, 0.1) is 7.43 Å². The van der Waals surface area contributed by atoms with Crippen LogP contribution in [0.3, 0.4) is 0 Å².